The molecule has 0 fully saturated rings. The van der Waals surface area contributed by atoms with Crippen molar-refractivity contribution < 1.29 is 14.2 Å². The quantitative estimate of drug-likeness (QED) is 0.548. The second-order valence-electron chi connectivity index (χ2n) is 5.86. The van der Waals surface area contributed by atoms with Gasteiger partial charge in [0.05, 0.1) is 30.9 Å². The predicted octanol–water partition coefficient (Wildman–Crippen LogP) is 6.15. The average molecular weight is 383 g/mol. The topological polar surface area (TPSA) is 27.7 Å². The third kappa shape index (κ3) is 4.74. The molecule has 136 valence electrons. The van der Waals surface area contributed by atoms with Crippen molar-refractivity contribution in [3.05, 3.63) is 51.5 Å². The maximum Gasteiger partial charge on any atom is 0.141 e. The summed E-state index contributed by atoms with van der Waals surface area (Å²) in [6, 6.07) is 9.85. The first-order valence-electron chi connectivity index (χ1n) is 8.33. The van der Waals surface area contributed by atoms with Crippen molar-refractivity contribution in [1.29, 1.82) is 0 Å². The Hall–Kier alpha value is -1.58. The number of rotatable bonds is 8. The zero-order valence-electron chi connectivity index (χ0n) is 15.1. The van der Waals surface area contributed by atoms with E-state index < -0.39 is 0 Å². The molecule has 0 amide bonds. The molecule has 2 aromatic carbocycles. The molecule has 0 aliphatic rings. The van der Waals surface area contributed by atoms with Crippen LogP contribution in [0.5, 0.6) is 17.2 Å². The number of hydrogen-bond donors (Lipinski definition) is 0. The highest BCUT2D eigenvalue weighted by Crippen LogP contribution is 2.44. The summed E-state index contributed by atoms with van der Waals surface area (Å²) in [6.45, 7) is 4.76. The van der Waals surface area contributed by atoms with E-state index in [0.717, 1.165) is 24.2 Å². The van der Waals surface area contributed by atoms with E-state index in [1.165, 1.54) is 5.56 Å². The van der Waals surface area contributed by atoms with Crippen LogP contribution in [-0.2, 0) is 6.42 Å². The highest BCUT2D eigenvalue weighted by molar-refractivity contribution is 6.38. The zero-order valence-corrected chi connectivity index (χ0v) is 16.6. The van der Waals surface area contributed by atoms with Crippen LogP contribution in [0.3, 0.4) is 0 Å². The largest absolute Gasteiger partial charge is 0.495 e. The number of halogens is 2. The lowest BCUT2D eigenvalue weighted by molar-refractivity contribution is 0.300. The Labute approximate surface area is 159 Å². The first-order chi connectivity index (χ1) is 12.0. The third-order valence-electron chi connectivity index (χ3n) is 4.23. The van der Waals surface area contributed by atoms with E-state index in [-0.39, 0.29) is 5.92 Å². The summed E-state index contributed by atoms with van der Waals surface area (Å²) in [7, 11) is 3.15. The van der Waals surface area contributed by atoms with Gasteiger partial charge in [-0.1, -0.05) is 49.2 Å². The lowest BCUT2D eigenvalue weighted by Crippen LogP contribution is -2.06. The maximum atomic E-state index is 6.47. The van der Waals surface area contributed by atoms with Crippen molar-refractivity contribution >= 4 is 23.2 Å². The van der Waals surface area contributed by atoms with Crippen LogP contribution in [0.2, 0.25) is 10.0 Å². The summed E-state index contributed by atoms with van der Waals surface area (Å²) in [6.07, 6.45) is 1.76. The van der Waals surface area contributed by atoms with E-state index in [1.807, 2.05) is 12.1 Å². The number of aryl methyl sites for hydroxylation is 1. The molecular formula is C20H24Cl2O3. The molecule has 3 nitrogen and oxygen atoms in total. The monoisotopic (exact) mass is 382 g/mol. The highest BCUT2D eigenvalue weighted by Gasteiger charge is 2.21. The summed E-state index contributed by atoms with van der Waals surface area (Å²) in [5.74, 6) is 2.09. The molecule has 0 N–H and O–H groups in total. The molecule has 0 bridgehead atoms. The number of methoxy groups -OCH3 is 2. The maximum absolute atomic E-state index is 6.47. The van der Waals surface area contributed by atoms with Gasteiger partial charge in [0.1, 0.15) is 17.2 Å². The summed E-state index contributed by atoms with van der Waals surface area (Å²) in [5, 5.41) is 1.04. The van der Waals surface area contributed by atoms with Crippen molar-refractivity contribution in [2.24, 2.45) is 0 Å². The van der Waals surface area contributed by atoms with Crippen LogP contribution < -0.4 is 14.2 Å². The molecular weight excluding hydrogens is 359 g/mol. The van der Waals surface area contributed by atoms with Crippen LogP contribution in [-0.4, -0.2) is 20.8 Å². The fourth-order valence-electron chi connectivity index (χ4n) is 2.69. The fourth-order valence-corrected chi connectivity index (χ4v) is 3.56. The minimum Gasteiger partial charge on any atom is -0.495 e. The van der Waals surface area contributed by atoms with Crippen LogP contribution in [0.15, 0.2) is 30.3 Å². The van der Waals surface area contributed by atoms with Crippen LogP contribution in [0, 0.1) is 0 Å². The summed E-state index contributed by atoms with van der Waals surface area (Å²) in [4.78, 5) is 0. The van der Waals surface area contributed by atoms with Gasteiger partial charge < -0.3 is 14.2 Å². The third-order valence-corrected chi connectivity index (χ3v) is 5.01. The SMILES string of the molecule is CCc1cccc(OCCC(C)c2c(Cl)c(OC)cc(OC)c2Cl)c1. The molecule has 0 heterocycles. The second kappa shape index (κ2) is 9.21. The van der Waals surface area contributed by atoms with Crippen LogP contribution >= 0.6 is 23.2 Å². The minimum absolute atomic E-state index is 0.0957. The number of ether oxygens (including phenoxy) is 3. The first kappa shape index (κ1) is 19.7. The predicted molar refractivity (Wildman–Crippen MR) is 104 cm³/mol. The van der Waals surface area contributed by atoms with E-state index in [0.29, 0.717) is 28.2 Å². The molecule has 0 spiro atoms. The van der Waals surface area contributed by atoms with Gasteiger partial charge in [-0.05, 0) is 42.0 Å². The van der Waals surface area contributed by atoms with Gasteiger partial charge in [0.25, 0.3) is 0 Å². The van der Waals surface area contributed by atoms with Gasteiger partial charge in [0.2, 0.25) is 0 Å². The Bertz CT molecular complexity index is 688. The van der Waals surface area contributed by atoms with E-state index in [1.54, 1.807) is 20.3 Å². The van der Waals surface area contributed by atoms with Gasteiger partial charge in [-0.15, -0.1) is 0 Å². The van der Waals surface area contributed by atoms with Gasteiger partial charge in [0, 0.05) is 6.07 Å². The number of hydrogen-bond acceptors (Lipinski definition) is 3. The second-order valence-corrected chi connectivity index (χ2v) is 6.62. The Kier molecular flexibility index (Phi) is 7.27. The molecule has 2 rings (SSSR count). The standard InChI is InChI=1S/C20H24Cl2O3/c1-5-14-7-6-8-15(11-14)25-10-9-13(2)18-19(21)16(23-3)12-17(24-4)20(18)22/h6-8,11-13H,5,9-10H2,1-4H3. The van der Waals surface area contributed by atoms with Crippen molar-refractivity contribution in [3.8, 4) is 17.2 Å². The van der Waals surface area contributed by atoms with Gasteiger partial charge in [-0.25, -0.2) is 0 Å². The lowest BCUT2D eigenvalue weighted by Gasteiger charge is -2.19. The van der Waals surface area contributed by atoms with Crippen molar-refractivity contribution in [1.82, 2.24) is 0 Å². The zero-order chi connectivity index (χ0) is 18.4. The van der Waals surface area contributed by atoms with E-state index in [2.05, 4.69) is 26.0 Å². The van der Waals surface area contributed by atoms with Crippen molar-refractivity contribution in [3.63, 3.8) is 0 Å². The minimum atomic E-state index is 0.0957. The lowest BCUT2D eigenvalue weighted by atomic mass is 9.97. The van der Waals surface area contributed by atoms with Crippen molar-refractivity contribution in [2.45, 2.75) is 32.6 Å². The highest BCUT2D eigenvalue weighted by atomic mass is 35.5. The summed E-state index contributed by atoms with van der Waals surface area (Å²) < 4.78 is 16.5. The normalized spacial score (nSPS) is 11.9. The molecule has 0 radical (unpaired) electrons. The summed E-state index contributed by atoms with van der Waals surface area (Å²) >= 11 is 12.9. The molecule has 0 saturated heterocycles. The molecule has 2 aromatic rings. The smallest absolute Gasteiger partial charge is 0.141 e. The molecule has 5 heteroatoms. The molecule has 0 aromatic heterocycles. The molecule has 0 saturated carbocycles. The van der Waals surface area contributed by atoms with Crippen LogP contribution in [0.1, 0.15) is 37.3 Å². The van der Waals surface area contributed by atoms with E-state index >= 15 is 0 Å². The Morgan fingerprint density at radius 2 is 1.64 bits per heavy atom. The van der Waals surface area contributed by atoms with Gasteiger partial charge in [-0.3, -0.25) is 0 Å². The Morgan fingerprint density at radius 3 is 2.20 bits per heavy atom. The summed E-state index contributed by atoms with van der Waals surface area (Å²) in [5.41, 5.74) is 2.08. The first-order valence-corrected chi connectivity index (χ1v) is 9.09. The average Bonchev–Trinajstić information content (AvgIpc) is 2.62. The van der Waals surface area contributed by atoms with Crippen molar-refractivity contribution in [2.75, 3.05) is 20.8 Å². The molecule has 0 aliphatic heterocycles. The van der Waals surface area contributed by atoms with Gasteiger partial charge in [-0.2, -0.15) is 0 Å². The van der Waals surface area contributed by atoms with Crippen LogP contribution in [0.25, 0.3) is 0 Å². The van der Waals surface area contributed by atoms with E-state index in [9.17, 15) is 0 Å². The number of benzene rings is 2. The Balaban J connectivity index is 2.11. The van der Waals surface area contributed by atoms with Crippen LogP contribution in [0.4, 0.5) is 0 Å². The molecule has 1 unspecified atom stereocenters. The van der Waals surface area contributed by atoms with Gasteiger partial charge in [0.15, 0.2) is 0 Å². The Morgan fingerprint density at radius 1 is 1.00 bits per heavy atom. The molecule has 1 atom stereocenters. The van der Waals surface area contributed by atoms with E-state index in [4.69, 9.17) is 37.4 Å². The molecule has 0 aliphatic carbocycles. The fraction of sp³-hybridized carbons (Fsp3) is 0.400. The molecule has 25 heavy (non-hydrogen) atoms. The van der Waals surface area contributed by atoms with Gasteiger partial charge >= 0.3 is 0 Å².